The molecule has 0 amide bonds. The molecule has 3 aromatic carbocycles. The smallest absolute Gasteiger partial charge is 0.335 e. The van der Waals surface area contributed by atoms with Crippen molar-refractivity contribution in [2.24, 2.45) is 4.99 Å². The zero-order valence-corrected chi connectivity index (χ0v) is 19.4. The van der Waals surface area contributed by atoms with E-state index in [1.165, 1.54) is 11.1 Å². The highest BCUT2D eigenvalue weighted by atomic mass is 32.2. The normalized spacial score (nSPS) is 19.7. The van der Waals surface area contributed by atoms with Gasteiger partial charge in [-0.05, 0) is 71.1 Å². The number of carboxylic acids is 1. The summed E-state index contributed by atoms with van der Waals surface area (Å²) in [6, 6.07) is 10.0. The SMILES string of the molecule is [2H]c1c([2H])c(C2=Nc3ccccc3Sc3cc4c(cc32)C(C)(C)CCC4(C)C)c([2H])c([2H])c1C(=O)O. The highest BCUT2D eigenvalue weighted by Gasteiger charge is 2.38. The van der Waals surface area contributed by atoms with Crippen molar-refractivity contribution in [3.63, 3.8) is 0 Å². The van der Waals surface area contributed by atoms with Crippen LogP contribution in [0.1, 0.15) is 78.6 Å². The molecule has 1 aliphatic carbocycles. The lowest BCUT2D eigenvalue weighted by molar-refractivity contribution is 0.0697. The van der Waals surface area contributed by atoms with Crippen LogP contribution in [0.2, 0.25) is 0 Å². The number of rotatable bonds is 2. The van der Waals surface area contributed by atoms with E-state index < -0.39 is 35.7 Å². The van der Waals surface area contributed by atoms with Gasteiger partial charge in [0.25, 0.3) is 0 Å². The third kappa shape index (κ3) is 3.47. The summed E-state index contributed by atoms with van der Waals surface area (Å²) >= 11 is 1.58. The third-order valence-electron chi connectivity index (χ3n) is 6.60. The van der Waals surface area contributed by atoms with Crippen LogP contribution in [-0.4, -0.2) is 16.8 Å². The summed E-state index contributed by atoms with van der Waals surface area (Å²) in [5, 5.41) is 9.53. The topological polar surface area (TPSA) is 49.7 Å². The molecule has 3 aromatic rings. The molecule has 0 aromatic heterocycles. The van der Waals surface area contributed by atoms with E-state index in [9.17, 15) is 9.90 Å². The van der Waals surface area contributed by atoms with Crippen LogP contribution in [-0.2, 0) is 10.8 Å². The van der Waals surface area contributed by atoms with E-state index in [4.69, 9.17) is 10.5 Å². The van der Waals surface area contributed by atoms with Crippen molar-refractivity contribution in [2.45, 2.75) is 61.2 Å². The zero-order valence-electron chi connectivity index (χ0n) is 22.6. The van der Waals surface area contributed by atoms with Gasteiger partial charge in [0.2, 0.25) is 0 Å². The fourth-order valence-corrected chi connectivity index (χ4v) is 5.57. The second kappa shape index (κ2) is 7.35. The fourth-order valence-electron chi connectivity index (χ4n) is 4.53. The molecule has 162 valence electrons. The van der Waals surface area contributed by atoms with Gasteiger partial charge in [-0.3, -0.25) is 0 Å². The van der Waals surface area contributed by atoms with Crippen molar-refractivity contribution in [3.8, 4) is 0 Å². The summed E-state index contributed by atoms with van der Waals surface area (Å²) < 4.78 is 34.1. The van der Waals surface area contributed by atoms with Gasteiger partial charge in [0.15, 0.2) is 0 Å². The predicted octanol–water partition coefficient (Wildman–Crippen LogP) is 7.37. The number of nitrogens with zero attached hydrogens (tertiary/aromatic N) is 1. The van der Waals surface area contributed by atoms with E-state index in [0.717, 1.165) is 28.2 Å². The second-order valence-corrected chi connectivity index (χ2v) is 10.8. The number of hydrogen-bond donors (Lipinski definition) is 1. The van der Waals surface area contributed by atoms with Gasteiger partial charge >= 0.3 is 5.97 Å². The van der Waals surface area contributed by atoms with Crippen molar-refractivity contribution in [1.29, 1.82) is 0 Å². The minimum Gasteiger partial charge on any atom is -0.478 e. The van der Waals surface area contributed by atoms with Crippen LogP contribution in [0.25, 0.3) is 0 Å². The highest BCUT2D eigenvalue weighted by Crippen LogP contribution is 2.50. The van der Waals surface area contributed by atoms with Gasteiger partial charge in [-0.25, -0.2) is 9.79 Å². The molecule has 0 spiro atoms. The number of benzene rings is 3. The molecule has 0 saturated heterocycles. The van der Waals surface area contributed by atoms with Crippen LogP contribution < -0.4 is 0 Å². The Balaban J connectivity index is 1.89. The van der Waals surface area contributed by atoms with Crippen LogP contribution in [0, 0.1) is 0 Å². The molecule has 0 saturated carbocycles. The fraction of sp³-hybridized carbons (Fsp3) is 0.286. The lowest BCUT2D eigenvalue weighted by atomic mass is 9.63. The van der Waals surface area contributed by atoms with E-state index in [1.54, 1.807) is 11.8 Å². The van der Waals surface area contributed by atoms with Crippen LogP contribution >= 0.6 is 11.8 Å². The van der Waals surface area contributed by atoms with Crippen LogP contribution in [0.4, 0.5) is 5.69 Å². The molecule has 1 heterocycles. The van der Waals surface area contributed by atoms with Crippen molar-refractivity contribution < 1.29 is 15.4 Å². The van der Waals surface area contributed by atoms with Crippen LogP contribution in [0.15, 0.2) is 75.4 Å². The second-order valence-electron chi connectivity index (χ2n) is 9.75. The predicted molar refractivity (Wildman–Crippen MR) is 131 cm³/mol. The van der Waals surface area contributed by atoms with Crippen molar-refractivity contribution in [3.05, 3.63) is 88.4 Å². The first-order valence-corrected chi connectivity index (χ1v) is 11.5. The molecular weight excluding hydrogens is 414 g/mol. The minimum absolute atomic E-state index is 0.0152. The lowest BCUT2D eigenvalue weighted by Crippen LogP contribution is -2.34. The maximum Gasteiger partial charge on any atom is 0.335 e. The molecular formula is C28H27NO2S. The van der Waals surface area contributed by atoms with Gasteiger partial charge in [-0.2, -0.15) is 0 Å². The summed E-state index contributed by atoms with van der Waals surface area (Å²) in [5.74, 6) is -1.49. The van der Waals surface area contributed by atoms with Gasteiger partial charge < -0.3 is 5.11 Å². The van der Waals surface area contributed by atoms with Crippen molar-refractivity contribution in [2.75, 3.05) is 0 Å². The molecule has 0 atom stereocenters. The largest absolute Gasteiger partial charge is 0.478 e. The number of carbonyl (C=O) groups is 1. The lowest BCUT2D eigenvalue weighted by Gasteiger charge is -2.42. The Kier molecular flexibility index (Phi) is 3.84. The zero-order chi connectivity index (χ0) is 26.2. The average molecular weight is 446 g/mol. The molecule has 3 nitrogen and oxygen atoms in total. The molecule has 1 aliphatic heterocycles. The average Bonchev–Trinajstić information content (AvgIpc) is 2.97. The van der Waals surface area contributed by atoms with Gasteiger partial charge in [-0.15, -0.1) is 0 Å². The van der Waals surface area contributed by atoms with Crippen molar-refractivity contribution in [1.82, 2.24) is 0 Å². The van der Waals surface area contributed by atoms with Crippen LogP contribution in [0.3, 0.4) is 0 Å². The van der Waals surface area contributed by atoms with Gasteiger partial charge in [0.1, 0.15) is 0 Å². The van der Waals surface area contributed by atoms with E-state index in [-0.39, 0.29) is 16.4 Å². The molecule has 0 fully saturated rings. The third-order valence-corrected chi connectivity index (χ3v) is 7.72. The Hall–Kier alpha value is -2.85. The van der Waals surface area contributed by atoms with Gasteiger partial charge in [0.05, 0.1) is 22.4 Å². The first kappa shape index (κ1) is 16.7. The number of aromatic carboxylic acids is 1. The Labute approximate surface area is 199 Å². The number of aliphatic imine (C=N–C) groups is 1. The molecule has 2 aliphatic rings. The number of fused-ring (bicyclic) bond motifs is 3. The maximum absolute atomic E-state index is 11.7. The molecule has 0 bridgehead atoms. The number of carboxylic acid groups (broad SMARTS) is 1. The first-order valence-electron chi connectivity index (χ1n) is 12.7. The Morgan fingerprint density at radius 3 is 2.25 bits per heavy atom. The molecule has 4 heteroatoms. The summed E-state index contributed by atoms with van der Waals surface area (Å²) in [5.41, 5.74) is 3.48. The molecule has 0 unspecified atom stereocenters. The molecule has 0 radical (unpaired) electrons. The Morgan fingerprint density at radius 2 is 1.59 bits per heavy atom. The standard InChI is InChI=1S/C28H27NO2S/c1-27(2)13-14-28(3,4)21-16-24-19(15-20(21)27)25(17-9-11-18(12-10-17)26(30)31)29-22-7-5-6-8-23(22)32-24/h5-12,15-16H,13-14H2,1-4H3,(H,30,31)/i9D,10D,11D,12D. The monoisotopic (exact) mass is 445 g/mol. The summed E-state index contributed by atoms with van der Waals surface area (Å²) in [6.07, 6.45) is 2.07. The van der Waals surface area contributed by atoms with Crippen molar-refractivity contribution >= 4 is 29.1 Å². The highest BCUT2D eigenvalue weighted by molar-refractivity contribution is 7.99. The summed E-state index contributed by atoms with van der Waals surface area (Å²) in [4.78, 5) is 18.5. The van der Waals surface area contributed by atoms with E-state index in [1.807, 2.05) is 24.3 Å². The van der Waals surface area contributed by atoms with E-state index in [0.29, 0.717) is 11.4 Å². The minimum atomic E-state index is -1.49. The number of para-hydroxylation sites is 1. The molecule has 32 heavy (non-hydrogen) atoms. The summed E-state index contributed by atoms with van der Waals surface area (Å²) in [6.45, 7) is 8.95. The van der Waals surface area contributed by atoms with Crippen LogP contribution in [0.5, 0.6) is 0 Å². The van der Waals surface area contributed by atoms with E-state index >= 15 is 0 Å². The summed E-state index contributed by atoms with van der Waals surface area (Å²) in [7, 11) is 0. The maximum atomic E-state index is 11.7. The molecule has 1 N–H and O–H groups in total. The Morgan fingerprint density at radius 1 is 0.969 bits per heavy atom. The molecule has 5 rings (SSSR count). The first-order chi connectivity index (χ1) is 16.8. The number of hydrogen-bond acceptors (Lipinski definition) is 3. The van der Waals surface area contributed by atoms with E-state index in [2.05, 4.69) is 39.8 Å². The van der Waals surface area contributed by atoms with Gasteiger partial charge in [-0.1, -0.05) is 63.7 Å². The Bertz CT molecular complexity index is 1460. The quantitative estimate of drug-likeness (QED) is 0.350. The van der Waals surface area contributed by atoms with Gasteiger partial charge in [0, 0.05) is 20.9 Å².